The molecule has 2 aliphatic rings. The van der Waals surface area contributed by atoms with Gasteiger partial charge in [-0.3, -0.25) is 4.90 Å². The van der Waals surface area contributed by atoms with Gasteiger partial charge in [-0.1, -0.05) is 11.6 Å². The molecule has 0 aromatic rings. The summed E-state index contributed by atoms with van der Waals surface area (Å²) in [5, 5.41) is 9.83. The van der Waals surface area contributed by atoms with Crippen LogP contribution >= 0.6 is 0 Å². The Labute approximate surface area is 98.1 Å². The molecule has 92 valence electrons. The Hall–Kier alpha value is -0.380. The molecule has 0 bridgehead atoms. The molecule has 0 aliphatic carbocycles. The van der Waals surface area contributed by atoms with E-state index in [1.165, 1.54) is 25.0 Å². The molecular weight excluding hydrogens is 202 g/mol. The lowest BCUT2D eigenvalue weighted by atomic mass is 9.92. The van der Waals surface area contributed by atoms with Crippen molar-refractivity contribution < 1.29 is 9.84 Å². The van der Waals surface area contributed by atoms with Gasteiger partial charge in [-0.15, -0.1) is 0 Å². The predicted octanol–water partition coefficient (Wildman–Crippen LogP) is 1.57. The Bertz CT molecular complexity index is 293. The van der Waals surface area contributed by atoms with Crippen molar-refractivity contribution in [2.24, 2.45) is 0 Å². The summed E-state index contributed by atoms with van der Waals surface area (Å²) >= 11 is 0. The van der Waals surface area contributed by atoms with Gasteiger partial charge in [0.1, 0.15) is 0 Å². The van der Waals surface area contributed by atoms with E-state index >= 15 is 0 Å². The van der Waals surface area contributed by atoms with Crippen molar-refractivity contribution in [3.63, 3.8) is 0 Å². The molecule has 2 heterocycles. The fourth-order valence-electron chi connectivity index (χ4n) is 3.24. The Kier molecular flexibility index (Phi) is 3.12. The van der Waals surface area contributed by atoms with Gasteiger partial charge in [0.2, 0.25) is 0 Å². The summed E-state index contributed by atoms with van der Waals surface area (Å²) in [6.45, 7) is 6.68. The maximum atomic E-state index is 9.83. The first-order valence-electron chi connectivity index (χ1n) is 6.12. The molecular formula is C13H23NO2. The van der Waals surface area contributed by atoms with Crippen molar-refractivity contribution in [3.8, 4) is 0 Å². The van der Waals surface area contributed by atoms with E-state index in [2.05, 4.69) is 4.90 Å². The molecule has 0 saturated carbocycles. The first-order valence-corrected chi connectivity index (χ1v) is 6.12. The second-order valence-electron chi connectivity index (χ2n) is 5.82. The van der Waals surface area contributed by atoms with E-state index in [0.29, 0.717) is 0 Å². The molecule has 2 rings (SSSR count). The number of aliphatic hydroxyl groups is 1. The lowest BCUT2D eigenvalue weighted by molar-refractivity contribution is 0.0656. The van der Waals surface area contributed by atoms with Gasteiger partial charge in [0, 0.05) is 19.2 Å². The van der Waals surface area contributed by atoms with Gasteiger partial charge >= 0.3 is 0 Å². The van der Waals surface area contributed by atoms with E-state index in [-0.39, 0.29) is 5.54 Å². The molecule has 2 saturated heterocycles. The van der Waals surface area contributed by atoms with E-state index in [9.17, 15) is 5.11 Å². The highest BCUT2D eigenvalue weighted by Crippen LogP contribution is 2.41. The predicted molar refractivity (Wildman–Crippen MR) is 64.4 cm³/mol. The number of rotatable bonds is 3. The zero-order valence-corrected chi connectivity index (χ0v) is 10.6. The number of ether oxygens (including phenoxy) is 1. The van der Waals surface area contributed by atoms with Crippen LogP contribution in [0.15, 0.2) is 11.6 Å². The average Bonchev–Trinajstić information content (AvgIpc) is 2.57. The third-order valence-corrected chi connectivity index (χ3v) is 3.66. The minimum absolute atomic E-state index is 0.228. The number of hydrogen-bond acceptors (Lipinski definition) is 3. The van der Waals surface area contributed by atoms with Gasteiger partial charge in [-0.25, -0.2) is 0 Å². The van der Waals surface area contributed by atoms with Gasteiger partial charge in [0.15, 0.2) is 0 Å². The molecule has 1 N–H and O–H groups in total. The Balaban J connectivity index is 2.13. The largest absolute Gasteiger partial charge is 0.386 e. The number of nitrogens with zero attached hydrogens (tertiary/aromatic N) is 1. The molecule has 2 fully saturated rings. The van der Waals surface area contributed by atoms with E-state index < -0.39 is 5.60 Å². The third kappa shape index (κ3) is 2.31. The van der Waals surface area contributed by atoms with Crippen LogP contribution in [-0.4, -0.2) is 48.0 Å². The van der Waals surface area contributed by atoms with E-state index in [0.717, 1.165) is 19.6 Å². The first-order chi connectivity index (χ1) is 7.45. The van der Waals surface area contributed by atoms with Gasteiger partial charge in [0.25, 0.3) is 0 Å². The molecule has 0 amide bonds. The smallest absolute Gasteiger partial charge is 0.0774 e. The van der Waals surface area contributed by atoms with Gasteiger partial charge in [-0.2, -0.15) is 0 Å². The van der Waals surface area contributed by atoms with E-state index in [4.69, 9.17) is 4.74 Å². The summed E-state index contributed by atoms with van der Waals surface area (Å²) in [6, 6.07) is 0. The Morgan fingerprint density at radius 1 is 1.56 bits per heavy atom. The zero-order chi connectivity index (χ0) is 11.8. The van der Waals surface area contributed by atoms with Crippen molar-refractivity contribution in [2.45, 2.75) is 44.2 Å². The Morgan fingerprint density at radius 2 is 2.31 bits per heavy atom. The molecule has 3 heteroatoms. The van der Waals surface area contributed by atoms with Crippen molar-refractivity contribution in [3.05, 3.63) is 11.6 Å². The van der Waals surface area contributed by atoms with Crippen LogP contribution in [0.2, 0.25) is 0 Å². The summed E-state index contributed by atoms with van der Waals surface area (Å²) in [5.74, 6) is 0. The average molecular weight is 225 g/mol. The van der Waals surface area contributed by atoms with Crippen LogP contribution in [0.3, 0.4) is 0 Å². The number of hydrogen-bond donors (Lipinski definition) is 1. The van der Waals surface area contributed by atoms with Gasteiger partial charge in [-0.05, 0) is 39.7 Å². The molecule has 0 spiro atoms. The summed E-state index contributed by atoms with van der Waals surface area (Å²) in [4.78, 5) is 2.52. The van der Waals surface area contributed by atoms with Crippen molar-refractivity contribution in [1.29, 1.82) is 0 Å². The van der Waals surface area contributed by atoms with E-state index in [1.807, 2.05) is 19.9 Å². The second kappa shape index (κ2) is 4.13. The molecule has 1 atom stereocenters. The second-order valence-corrected chi connectivity index (χ2v) is 5.82. The fraction of sp³-hybridized carbons (Fsp3) is 0.846. The number of fused-ring (bicyclic) bond motifs is 1. The van der Waals surface area contributed by atoms with Crippen LogP contribution in [-0.2, 0) is 4.74 Å². The highest BCUT2D eigenvalue weighted by Gasteiger charge is 2.46. The minimum Gasteiger partial charge on any atom is -0.386 e. The zero-order valence-electron chi connectivity index (χ0n) is 10.6. The van der Waals surface area contributed by atoms with Crippen molar-refractivity contribution in [1.82, 2.24) is 4.90 Å². The standard InChI is InChI=1S/C13H23NO2/c1-12(2,15)7-11-8-13(10-16-3)5-4-6-14(13)9-11/h7,15H,4-6,8-10H2,1-3H3/b11-7-/t13-/m0/s1. The van der Waals surface area contributed by atoms with E-state index in [1.54, 1.807) is 7.11 Å². The first kappa shape index (κ1) is 12.1. The maximum absolute atomic E-state index is 9.83. The van der Waals surface area contributed by atoms with Crippen LogP contribution in [0.4, 0.5) is 0 Å². The third-order valence-electron chi connectivity index (χ3n) is 3.66. The molecule has 0 radical (unpaired) electrons. The van der Waals surface area contributed by atoms with Crippen molar-refractivity contribution in [2.75, 3.05) is 26.8 Å². The molecule has 0 aromatic carbocycles. The summed E-state index contributed by atoms with van der Waals surface area (Å²) in [7, 11) is 1.78. The topological polar surface area (TPSA) is 32.7 Å². The normalized spacial score (nSPS) is 33.6. The quantitative estimate of drug-likeness (QED) is 0.740. The van der Waals surface area contributed by atoms with Crippen LogP contribution in [0.25, 0.3) is 0 Å². The summed E-state index contributed by atoms with van der Waals surface area (Å²) < 4.78 is 5.38. The van der Waals surface area contributed by atoms with Gasteiger partial charge in [0.05, 0.1) is 12.2 Å². The fourth-order valence-corrected chi connectivity index (χ4v) is 3.24. The van der Waals surface area contributed by atoms with Crippen LogP contribution in [0.5, 0.6) is 0 Å². The monoisotopic (exact) mass is 225 g/mol. The van der Waals surface area contributed by atoms with Crippen LogP contribution in [0.1, 0.15) is 33.1 Å². The Morgan fingerprint density at radius 3 is 2.94 bits per heavy atom. The maximum Gasteiger partial charge on any atom is 0.0774 e. The van der Waals surface area contributed by atoms with Crippen molar-refractivity contribution >= 4 is 0 Å². The SMILES string of the molecule is COC[C@@]12CCCN1C/C(=C\C(C)(C)O)C2. The molecule has 16 heavy (non-hydrogen) atoms. The van der Waals surface area contributed by atoms with Crippen LogP contribution < -0.4 is 0 Å². The molecule has 2 aliphatic heterocycles. The van der Waals surface area contributed by atoms with Gasteiger partial charge < -0.3 is 9.84 Å². The lowest BCUT2D eigenvalue weighted by Gasteiger charge is -2.30. The highest BCUT2D eigenvalue weighted by atomic mass is 16.5. The highest BCUT2D eigenvalue weighted by molar-refractivity contribution is 5.23. The van der Waals surface area contributed by atoms with Crippen LogP contribution in [0, 0.1) is 0 Å². The number of methoxy groups -OCH3 is 1. The molecule has 0 unspecified atom stereocenters. The lowest BCUT2D eigenvalue weighted by Crippen LogP contribution is -2.42. The summed E-state index contributed by atoms with van der Waals surface area (Å²) in [6.07, 6.45) is 5.58. The summed E-state index contributed by atoms with van der Waals surface area (Å²) in [5.41, 5.74) is 0.902. The molecule has 0 aromatic heterocycles. The minimum atomic E-state index is -0.691. The molecule has 3 nitrogen and oxygen atoms in total.